The maximum atomic E-state index is 14.1. The molecule has 0 fully saturated rings. The molecule has 3 aromatic carbocycles. The van der Waals surface area contributed by atoms with Crippen LogP contribution in [-0.2, 0) is 6.42 Å². The van der Waals surface area contributed by atoms with Crippen molar-refractivity contribution >= 4 is 68.3 Å². The number of ether oxygens (including phenoxy) is 2. The van der Waals surface area contributed by atoms with Crippen LogP contribution in [0.3, 0.4) is 0 Å². The van der Waals surface area contributed by atoms with Crippen LogP contribution in [0.25, 0.3) is 11.8 Å². The van der Waals surface area contributed by atoms with Gasteiger partial charge >= 0.3 is 0 Å². The van der Waals surface area contributed by atoms with Gasteiger partial charge in [0.25, 0.3) is 5.56 Å². The van der Waals surface area contributed by atoms with E-state index in [0.717, 1.165) is 59.4 Å². The van der Waals surface area contributed by atoms with Crippen LogP contribution in [-0.4, -0.2) is 18.3 Å². The van der Waals surface area contributed by atoms with Crippen molar-refractivity contribution in [2.45, 2.75) is 18.9 Å². The zero-order valence-corrected chi connectivity index (χ0v) is 26.2. The minimum Gasteiger partial charge on any atom is -0.496 e. The molecule has 0 saturated carbocycles. The fraction of sp³-hybridized carbons (Fsp3) is 0.161. The summed E-state index contributed by atoms with van der Waals surface area (Å²) in [6, 6.07) is 20.2. The number of halogens is 2. The molecule has 2 heterocycles. The second kappa shape index (κ2) is 11.1. The molecule has 0 saturated heterocycles. The molecule has 1 aromatic heterocycles. The average Bonchev–Trinajstić information content (AvgIpc) is 3.25. The molecule has 5 nitrogen and oxygen atoms in total. The number of fused-ring (bicyclic) bond motifs is 3. The van der Waals surface area contributed by atoms with Gasteiger partial charge in [0.1, 0.15) is 18.1 Å². The normalized spacial score (nSPS) is 16.2. The van der Waals surface area contributed by atoms with Crippen LogP contribution in [0.2, 0.25) is 0 Å². The van der Waals surface area contributed by atoms with Gasteiger partial charge in [0.05, 0.1) is 30.5 Å². The van der Waals surface area contributed by atoms with Crippen molar-refractivity contribution in [3.05, 3.63) is 128 Å². The number of para-hydroxylation sites is 1. The van der Waals surface area contributed by atoms with Crippen molar-refractivity contribution in [3.8, 4) is 11.5 Å². The predicted molar refractivity (Wildman–Crippen MR) is 173 cm³/mol. The Kier molecular flexibility index (Phi) is 7.52. The number of benzene rings is 3. The van der Waals surface area contributed by atoms with Crippen molar-refractivity contribution in [2.75, 3.05) is 13.7 Å². The molecular weight excluding hydrogens is 734 g/mol. The Bertz CT molecular complexity index is 1810. The van der Waals surface area contributed by atoms with Crippen molar-refractivity contribution in [1.82, 2.24) is 4.57 Å². The Morgan fingerprint density at radius 1 is 1.10 bits per heavy atom. The third kappa shape index (κ3) is 4.80. The molecule has 1 aliphatic carbocycles. The maximum absolute atomic E-state index is 14.1. The summed E-state index contributed by atoms with van der Waals surface area (Å²) in [6.07, 6.45) is 5.45. The largest absolute Gasteiger partial charge is 0.496 e. The lowest BCUT2D eigenvalue weighted by Crippen LogP contribution is -2.39. The molecule has 0 N–H and O–H groups in total. The number of allylic oxidation sites excluding steroid dienone is 1. The van der Waals surface area contributed by atoms with Gasteiger partial charge in [-0.1, -0.05) is 66.5 Å². The fourth-order valence-corrected chi connectivity index (χ4v) is 8.41. The molecule has 0 bridgehead atoms. The quantitative estimate of drug-likeness (QED) is 0.177. The summed E-state index contributed by atoms with van der Waals surface area (Å²) in [5, 5.41) is 0. The van der Waals surface area contributed by atoms with Crippen LogP contribution in [0, 0.1) is 7.14 Å². The molecule has 1 aliphatic heterocycles. The van der Waals surface area contributed by atoms with Crippen LogP contribution < -0.4 is 24.4 Å². The van der Waals surface area contributed by atoms with E-state index in [2.05, 4.69) is 82.1 Å². The molecule has 2 aliphatic rings. The third-order valence-corrected chi connectivity index (χ3v) is 9.56. The summed E-state index contributed by atoms with van der Waals surface area (Å²) < 4.78 is 16.1. The monoisotopic (exact) mass is 758 g/mol. The summed E-state index contributed by atoms with van der Waals surface area (Å²) in [6.45, 7) is 4.18. The van der Waals surface area contributed by atoms with E-state index in [-0.39, 0.29) is 11.6 Å². The summed E-state index contributed by atoms with van der Waals surface area (Å²) in [5.74, 6) is 1.60. The number of aromatic nitrogens is 1. The van der Waals surface area contributed by atoms with Crippen LogP contribution >= 0.6 is 56.5 Å². The molecule has 1 atom stereocenters. The van der Waals surface area contributed by atoms with Crippen LogP contribution in [0.15, 0.2) is 88.7 Å². The Morgan fingerprint density at radius 3 is 2.62 bits per heavy atom. The Hall–Kier alpha value is -2.70. The zero-order valence-electron chi connectivity index (χ0n) is 21.1. The Labute approximate surface area is 257 Å². The molecule has 0 spiro atoms. The number of hydrogen-bond acceptors (Lipinski definition) is 5. The summed E-state index contributed by atoms with van der Waals surface area (Å²) in [4.78, 5) is 19.9. The van der Waals surface area contributed by atoms with Crippen LogP contribution in [0.5, 0.6) is 11.5 Å². The van der Waals surface area contributed by atoms with Gasteiger partial charge in [0.15, 0.2) is 4.80 Å². The highest BCUT2D eigenvalue weighted by Gasteiger charge is 2.34. The van der Waals surface area contributed by atoms with Gasteiger partial charge in [-0.05, 0) is 99.0 Å². The van der Waals surface area contributed by atoms with E-state index >= 15 is 0 Å². The SMILES string of the molecule is C=CCOc1c(I)cc(/C=c2\sc3n(c2=O)C(c2ccccc2OC)C2=C(N=3)c3ccccc3CC2)cc1I. The van der Waals surface area contributed by atoms with Gasteiger partial charge < -0.3 is 9.47 Å². The highest BCUT2D eigenvalue weighted by atomic mass is 127. The summed E-state index contributed by atoms with van der Waals surface area (Å²) >= 11 is 5.99. The Morgan fingerprint density at radius 2 is 1.85 bits per heavy atom. The van der Waals surface area contributed by atoms with Crippen molar-refractivity contribution in [2.24, 2.45) is 4.99 Å². The smallest absolute Gasteiger partial charge is 0.271 e. The van der Waals surface area contributed by atoms with Gasteiger partial charge in [0, 0.05) is 11.1 Å². The molecule has 8 heteroatoms. The molecular formula is C31H24I2N2O3S. The first kappa shape index (κ1) is 26.5. The van der Waals surface area contributed by atoms with E-state index in [1.165, 1.54) is 16.9 Å². The van der Waals surface area contributed by atoms with Crippen LogP contribution in [0.1, 0.15) is 34.7 Å². The van der Waals surface area contributed by atoms with E-state index in [9.17, 15) is 4.79 Å². The predicted octanol–water partition coefficient (Wildman–Crippen LogP) is 6.10. The molecule has 0 radical (unpaired) electrons. The van der Waals surface area contributed by atoms with Crippen molar-refractivity contribution in [1.29, 1.82) is 0 Å². The second-order valence-electron chi connectivity index (χ2n) is 9.27. The van der Waals surface area contributed by atoms with Crippen LogP contribution in [0.4, 0.5) is 0 Å². The van der Waals surface area contributed by atoms with Gasteiger partial charge in [-0.2, -0.15) is 0 Å². The number of rotatable bonds is 6. The minimum absolute atomic E-state index is 0.0444. The van der Waals surface area contributed by atoms with Crippen molar-refractivity contribution in [3.63, 3.8) is 0 Å². The molecule has 196 valence electrons. The number of aryl methyl sites for hydroxylation is 1. The lowest BCUT2D eigenvalue weighted by molar-refractivity contribution is 0.358. The fourth-order valence-electron chi connectivity index (χ4n) is 5.29. The van der Waals surface area contributed by atoms with E-state index in [1.807, 2.05) is 41.0 Å². The van der Waals surface area contributed by atoms with E-state index in [4.69, 9.17) is 14.5 Å². The van der Waals surface area contributed by atoms with Gasteiger partial charge in [-0.25, -0.2) is 4.99 Å². The molecule has 1 unspecified atom stereocenters. The lowest BCUT2D eigenvalue weighted by atomic mass is 9.83. The van der Waals surface area contributed by atoms with E-state index < -0.39 is 0 Å². The first-order valence-corrected chi connectivity index (χ1v) is 15.5. The molecule has 4 aromatic rings. The number of hydrogen-bond donors (Lipinski definition) is 0. The van der Waals surface area contributed by atoms with Gasteiger partial charge in [-0.3, -0.25) is 9.36 Å². The second-order valence-corrected chi connectivity index (χ2v) is 12.6. The Balaban J connectivity index is 1.57. The van der Waals surface area contributed by atoms with Gasteiger partial charge in [-0.15, -0.1) is 0 Å². The lowest BCUT2D eigenvalue weighted by Gasteiger charge is -2.31. The highest BCUT2D eigenvalue weighted by Crippen LogP contribution is 2.43. The average molecular weight is 758 g/mol. The first-order chi connectivity index (χ1) is 19.0. The van der Waals surface area contributed by atoms with E-state index in [1.54, 1.807) is 13.2 Å². The summed E-state index contributed by atoms with van der Waals surface area (Å²) in [5.41, 5.74) is 6.46. The molecule has 39 heavy (non-hydrogen) atoms. The van der Waals surface area contributed by atoms with Gasteiger partial charge in [0.2, 0.25) is 0 Å². The topological polar surface area (TPSA) is 52.8 Å². The first-order valence-electron chi connectivity index (χ1n) is 12.5. The number of thiazole rings is 1. The van der Waals surface area contributed by atoms with E-state index in [0.29, 0.717) is 15.9 Å². The molecule has 6 rings (SSSR count). The molecule has 0 amide bonds. The standard InChI is InChI=1S/C31H24I2N2O3S/c1-3-14-38-29-23(32)15-18(16-24(29)33)17-26-30(36)35-28(21-10-6-7-11-25(21)37-2)22-13-12-19-8-4-5-9-20(19)27(22)34-31(35)39-26/h3-11,15-17,28H,1,12-14H2,2H3/b26-17-. The maximum Gasteiger partial charge on any atom is 0.271 e. The zero-order chi connectivity index (χ0) is 27.1. The number of nitrogens with zero attached hydrogens (tertiary/aromatic N) is 2. The van der Waals surface area contributed by atoms with Crippen molar-refractivity contribution < 1.29 is 9.47 Å². The number of methoxy groups -OCH3 is 1. The minimum atomic E-state index is -0.280. The highest BCUT2D eigenvalue weighted by molar-refractivity contribution is 14.1. The third-order valence-electron chi connectivity index (χ3n) is 6.97. The summed E-state index contributed by atoms with van der Waals surface area (Å²) in [7, 11) is 1.68.